The van der Waals surface area contributed by atoms with Gasteiger partial charge in [0.15, 0.2) is 0 Å². The predicted molar refractivity (Wildman–Crippen MR) is 90.0 cm³/mol. The Morgan fingerprint density at radius 3 is 2.64 bits per heavy atom. The van der Waals surface area contributed by atoms with E-state index in [-0.39, 0.29) is 0 Å². The largest absolute Gasteiger partial charge is 0.489 e. The fourth-order valence-corrected chi connectivity index (χ4v) is 2.88. The Kier molecular flexibility index (Phi) is 5.09. The zero-order chi connectivity index (χ0) is 15.2. The summed E-state index contributed by atoms with van der Waals surface area (Å²) in [6.07, 6.45) is 1.30. The molecule has 0 bridgehead atoms. The van der Waals surface area contributed by atoms with E-state index >= 15 is 0 Å². The molecule has 1 fully saturated rings. The van der Waals surface area contributed by atoms with Gasteiger partial charge in [-0.15, -0.1) is 0 Å². The van der Waals surface area contributed by atoms with Gasteiger partial charge in [0, 0.05) is 25.7 Å². The first kappa shape index (κ1) is 15.1. The van der Waals surface area contributed by atoms with Gasteiger partial charge in [-0.1, -0.05) is 42.5 Å². The molecule has 0 amide bonds. The average molecular weight is 296 g/mol. The number of benzene rings is 2. The van der Waals surface area contributed by atoms with Crippen LogP contribution in [0.1, 0.15) is 17.5 Å². The lowest BCUT2D eigenvalue weighted by molar-refractivity contribution is 0.0828. The van der Waals surface area contributed by atoms with Gasteiger partial charge in [0.2, 0.25) is 0 Å². The summed E-state index contributed by atoms with van der Waals surface area (Å²) in [5.41, 5.74) is 2.52. The van der Waals surface area contributed by atoms with Gasteiger partial charge in [0.1, 0.15) is 12.4 Å². The van der Waals surface area contributed by atoms with Crippen LogP contribution in [-0.4, -0.2) is 31.1 Å². The van der Waals surface area contributed by atoms with Crippen LogP contribution < -0.4 is 10.1 Å². The molecule has 1 aliphatic rings. The van der Waals surface area contributed by atoms with Crippen molar-refractivity contribution in [2.24, 2.45) is 0 Å². The average Bonchev–Trinajstić information content (AvgIpc) is 2.56. The summed E-state index contributed by atoms with van der Waals surface area (Å²) < 4.78 is 5.91. The van der Waals surface area contributed by atoms with E-state index in [4.69, 9.17) is 4.74 Å². The van der Waals surface area contributed by atoms with Crippen molar-refractivity contribution in [2.45, 2.75) is 25.6 Å². The number of likely N-dealkylation sites (N-methyl/N-ethyl adjacent to an activating group) is 1. The van der Waals surface area contributed by atoms with E-state index in [0.29, 0.717) is 12.6 Å². The van der Waals surface area contributed by atoms with E-state index in [1.165, 1.54) is 24.1 Å². The second-order valence-corrected chi connectivity index (χ2v) is 5.89. The van der Waals surface area contributed by atoms with Crippen molar-refractivity contribution in [3.05, 3.63) is 65.7 Å². The van der Waals surface area contributed by atoms with E-state index in [1.807, 2.05) is 31.3 Å². The van der Waals surface area contributed by atoms with Crippen LogP contribution in [0.25, 0.3) is 0 Å². The highest BCUT2D eigenvalue weighted by Gasteiger charge is 2.26. The molecule has 22 heavy (non-hydrogen) atoms. The Morgan fingerprint density at radius 2 is 1.91 bits per heavy atom. The maximum atomic E-state index is 5.91. The van der Waals surface area contributed by atoms with Crippen LogP contribution >= 0.6 is 0 Å². The fourth-order valence-electron chi connectivity index (χ4n) is 2.88. The van der Waals surface area contributed by atoms with Gasteiger partial charge < -0.3 is 10.1 Å². The molecule has 2 aromatic rings. The Hall–Kier alpha value is -1.84. The molecule has 3 nitrogen and oxygen atoms in total. The van der Waals surface area contributed by atoms with Gasteiger partial charge in [-0.05, 0) is 36.7 Å². The molecular formula is C19H24N2O. The first-order valence-corrected chi connectivity index (χ1v) is 7.99. The second kappa shape index (κ2) is 7.43. The SMILES string of the molecule is CNCC1CCN1Cc1cccc(OCc2ccccc2)c1. The first-order valence-electron chi connectivity index (χ1n) is 7.99. The zero-order valence-corrected chi connectivity index (χ0v) is 13.2. The van der Waals surface area contributed by atoms with Gasteiger partial charge in [-0.25, -0.2) is 0 Å². The maximum absolute atomic E-state index is 5.91. The van der Waals surface area contributed by atoms with Gasteiger partial charge >= 0.3 is 0 Å². The topological polar surface area (TPSA) is 24.5 Å². The van der Waals surface area contributed by atoms with Gasteiger partial charge in [0.25, 0.3) is 0 Å². The lowest BCUT2D eigenvalue weighted by Gasteiger charge is -2.41. The van der Waals surface area contributed by atoms with Crippen molar-refractivity contribution in [3.8, 4) is 5.75 Å². The quantitative estimate of drug-likeness (QED) is 0.850. The van der Waals surface area contributed by atoms with Gasteiger partial charge in [-0.2, -0.15) is 0 Å². The van der Waals surface area contributed by atoms with E-state index in [2.05, 4.69) is 40.5 Å². The molecule has 1 unspecified atom stereocenters. The van der Waals surface area contributed by atoms with Crippen LogP contribution in [0, 0.1) is 0 Å². The second-order valence-electron chi connectivity index (χ2n) is 5.89. The van der Waals surface area contributed by atoms with Crippen molar-refractivity contribution >= 4 is 0 Å². The van der Waals surface area contributed by atoms with Crippen LogP contribution in [-0.2, 0) is 13.2 Å². The fraction of sp³-hybridized carbons (Fsp3) is 0.368. The van der Waals surface area contributed by atoms with Crippen molar-refractivity contribution in [2.75, 3.05) is 20.1 Å². The maximum Gasteiger partial charge on any atom is 0.120 e. The molecule has 0 radical (unpaired) electrons. The number of hydrogen-bond donors (Lipinski definition) is 1. The predicted octanol–water partition coefficient (Wildman–Crippen LogP) is 3.06. The number of hydrogen-bond acceptors (Lipinski definition) is 3. The number of nitrogens with one attached hydrogen (secondary N) is 1. The molecule has 0 aromatic heterocycles. The molecule has 1 atom stereocenters. The molecule has 116 valence electrons. The third-order valence-corrected chi connectivity index (χ3v) is 4.24. The molecule has 0 saturated carbocycles. The monoisotopic (exact) mass is 296 g/mol. The van der Waals surface area contributed by atoms with E-state index in [0.717, 1.165) is 18.8 Å². The highest BCUT2D eigenvalue weighted by Crippen LogP contribution is 2.22. The highest BCUT2D eigenvalue weighted by molar-refractivity contribution is 5.29. The van der Waals surface area contributed by atoms with Gasteiger partial charge in [-0.3, -0.25) is 4.90 Å². The summed E-state index contributed by atoms with van der Waals surface area (Å²) in [4.78, 5) is 2.52. The van der Waals surface area contributed by atoms with Crippen molar-refractivity contribution in [1.29, 1.82) is 0 Å². The Labute approximate surface area is 132 Å². The van der Waals surface area contributed by atoms with Crippen molar-refractivity contribution in [3.63, 3.8) is 0 Å². The van der Waals surface area contributed by atoms with Crippen LogP contribution in [0.3, 0.4) is 0 Å². The summed E-state index contributed by atoms with van der Waals surface area (Å²) in [6, 6.07) is 19.4. The Bertz CT molecular complexity index is 585. The van der Waals surface area contributed by atoms with Crippen LogP contribution in [0.15, 0.2) is 54.6 Å². The van der Waals surface area contributed by atoms with Crippen molar-refractivity contribution < 1.29 is 4.74 Å². The molecule has 1 N–H and O–H groups in total. The zero-order valence-electron chi connectivity index (χ0n) is 13.2. The molecule has 2 aromatic carbocycles. The molecule has 3 rings (SSSR count). The lowest BCUT2D eigenvalue weighted by Crippen LogP contribution is -2.51. The summed E-state index contributed by atoms with van der Waals surface area (Å²) in [7, 11) is 2.02. The molecule has 1 saturated heterocycles. The van der Waals surface area contributed by atoms with Crippen molar-refractivity contribution in [1.82, 2.24) is 10.2 Å². The first-order chi connectivity index (χ1) is 10.8. The summed E-state index contributed by atoms with van der Waals surface area (Å²) in [6.45, 7) is 3.90. The molecule has 1 aliphatic heterocycles. The number of rotatable bonds is 7. The van der Waals surface area contributed by atoms with Crippen LogP contribution in [0.4, 0.5) is 0 Å². The minimum atomic E-state index is 0.621. The number of ether oxygens (including phenoxy) is 1. The minimum Gasteiger partial charge on any atom is -0.489 e. The third-order valence-electron chi connectivity index (χ3n) is 4.24. The van der Waals surface area contributed by atoms with Crippen LogP contribution in [0.5, 0.6) is 5.75 Å². The molecular weight excluding hydrogens is 272 g/mol. The number of nitrogens with zero attached hydrogens (tertiary/aromatic N) is 1. The summed E-state index contributed by atoms with van der Waals surface area (Å²) >= 11 is 0. The highest BCUT2D eigenvalue weighted by atomic mass is 16.5. The number of likely N-dealkylation sites (tertiary alicyclic amines) is 1. The summed E-state index contributed by atoms with van der Waals surface area (Å²) in [5, 5.41) is 3.27. The van der Waals surface area contributed by atoms with E-state index in [1.54, 1.807) is 0 Å². The van der Waals surface area contributed by atoms with E-state index < -0.39 is 0 Å². The lowest BCUT2D eigenvalue weighted by atomic mass is 10.0. The Morgan fingerprint density at radius 1 is 1.09 bits per heavy atom. The van der Waals surface area contributed by atoms with Crippen LogP contribution in [0.2, 0.25) is 0 Å². The molecule has 3 heteroatoms. The Balaban J connectivity index is 1.56. The minimum absolute atomic E-state index is 0.621. The molecule has 0 aliphatic carbocycles. The standard InChI is InChI=1S/C19H24N2O/c1-20-13-18-10-11-21(18)14-17-8-5-9-19(12-17)22-15-16-6-3-2-4-7-16/h2-9,12,18,20H,10-11,13-15H2,1H3. The molecule has 1 heterocycles. The smallest absolute Gasteiger partial charge is 0.120 e. The normalized spacial score (nSPS) is 18.0. The summed E-state index contributed by atoms with van der Waals surface area (Å²) in [5.74, 6) is 0.951. The third kappa shape index (κ3) is 3.87. The van der Waals surface area contributed by atoms with E-state index in [9.17, 15) is 0 Å². The van der Waals surface area contributed by atoms with Gasteiger partial charge in [0.05, 0.1) is 0 Å². The molecule has 0 spiro atoms.